The molecule has 0 bridgehead atoms. The van der Waals surface area contributed by atoms with Crippen LogP contribution in [0.2, 0.25) is 0 Å². The van der Waals surface area contributed by atoms with Crippen LogP contribution in [0.3, 0.4) is 0 Å². The molecule has 0 saturated heterocycles. The van der Waals surface area contributed by atoms with Crippen LogP contribution in [0.15, 0.2) is 24.3 Å². The van der Waals surface area contributed by atoms with Crippen LogP contribution in [0.1, 0.15) is 39.2 Å². The second-order valence-electron chi connectivity index (χ2n) is 5.11. The summed E-state index contributed by atoms with van der Waals surface area (Å²) < 4.78 is 0. The second kappa shape index (κ2) is 7.17. The number of benzene rings is 1. The molecule has 0 aromatic heterocycles. The molecule has 0 aliphatic carbocycles. The Bertz CT molecular complexity index is 371. The molecule has 3 nitrogen and oxygen atoms in total. The summed E-state index contributed by atoms with van der Waals surface area (Å²) in [6.45, 7) is 6.21. The van der Waals surface area contributed by atoms with Crippen molar-refractivity contribution in [2.45, 2.75) is 46.1 Å². The smallest absolute Gasteiger partial charge is 0.225 e. The predicted molar refractivity (Wildman–Crippen MR) is 76.5 cm³/mol. The van der Waals surface area contributed by atoms with Gasteiger partial charge in [0.05, 0.1) is 0 Å². The van der Waals surface area contributed by atoms with Crippen LogP contribution < -0.4 is 11.1 Å². The third-order valence-corrected chi connectivity index (χ3v) is 3.05. The lowest BCUT2D eigenvalue weighted by molar-refractivity contribution is -0.116. The van der Waals surface area contributed by atoms with Gasteiger partial charge in [-0.3, -0.25) is 4.79 Å². The van der Waals surface area contributed by atoms with E-state index in [1.807, 2.05) is 26.0 Å². The van der Waals surface area contributed by atoms with Gasteiger partial charge in [-0.25, -0.2) is 0 Å². The second-order valence-corrected chi connectivity index (χ2v) is 5.11. The number of nitrogens with one attached hydrogen (secondary N) is 1. The molecular weight excluding hydrogens is 224 g/mol. The van der Waals surface area contributed by atoms with Gasteiger partial charge in [0, 0.05) is 18.2 Å². The molecule has 0 heterocycles. The van der Waals surface area contributed by atoms with Crippen LogP contribution in [0.25, 0.3) is 0 Å². The van der Waals surface area contributed by atoms with Crippen molar-refractivity contribution in [2.24, 2.45) is 11.7 Å². The molecular formula is C15H24N2O. The summed E-state index contributed by atoms with van der Waals surface area (Å²) in [5.41, 5.74) is 8.02. The van der Waals surface area contributed by atoms with Gasteiger partial charge in [-0.2, -0.15) is 0 Å². The van der Waals surface area contributed by atoms with Crippen LogP contribution in [-0.2, 0) is 11.2 Å². The Morgan fingerprint density at radius 1 is 1.28 bits per heavy atom. The minimum absolute atomic E-state index is 0.0144. The average Bonchev–Trinajstić information content (AvgIpc) is 2.31. The molecule has 1 unspecified atom stereocenters. The van der Waals surface area contributed by atoms with Crippen molar-refractivity contribution < 1.29 is 4.79 Å². The molecule has 3 N–H and O–H groups in total. The van der Waals surface area contributed by atoms with Gasteiger partial charge in [0.2, 0.25) is 5.91 Å². The van der Waals surface area contributed by atoms with Crippen molar-refractivity contribution in [1.82, 2.24) is 0 Å². The molecule has 0 aliphatic rings. The highest BCUT2D eigenvalue weighted by atomic mass is 16.1. The van der Waals surface area contributed by atoms with Crippen molar-refractivity contribution in [3.8, 4) is 0 Å². The van der Waals surface area contributed by atoms with E-state index >= 15 is 0 Å². The molecule has 1 rings (SSSR count). The maximum atomic E-state index is 11.7. The van der Waals surface area contributed by atoms with E-state index in [0.717, 1.165) is 18.5 Å². The minimum Gasteiger partial charge on any atom is -0.327 e. The zero-order chi connectivity index (χ0) is 13.5. The van der Waals surface area contributed by atoms with Crippen LogP contribution in [0.5, 0.6) is 0 Å². The highest BCUT2D eigenvalue weighted by molar-refractivity contribution is 5.91. The number of carbonyl (C=O) groups is 1. The molecule has 3 heteroatoms. The Morgan fingerprint density at radius 3 is 2.39 bits per heavy atom. The molecule has 0 spiro atoms. The summed E-state index contributed by atoms with van der Waals surface area (Å²) in [5.74, 6) is 0.308. The number of nitrogens with two attached hydrogens (primary N) is 1. The van der Waals surface area contributed by atoms with Crippen molar-refractivity contribution in [2.75, 3.05) is 5.32 Å². The van der Waals surface area contributed by atoms with Gasteiger partial charge in [-0.15, -0.1) is 0 Å². The van der Waals surface area contributed by atoms with Crippen LogP contribution >= 0.6 is 0 Å². The molecule has 0 aliphatic heterocycles. The fourth-order valence-electron chi connectivity index (χ4n) is 1.71. The van der Waals surface area contributed by atoms with Crippen molar-refractivity contribution in [3.05, 3.63) is 29.8 Å². The Hall–Kier alpha value is -1.35. The van der Waals surface area contributed by atoms with E-state index in [1.165, 1.54) is 5.56 Å². The first-order valence-corrected chi connectivity index (χ1v) is 6.67. The largest absolute Gasteiger partial charge is 0.327 e. The number of hydrogen-bond acceptors (Lipinski definition) is 2. The first-order valence-electron chi connectivity index (χ1n) is 6.67. The maximum Gasteiger partial charge on any atom is 0.225 e. The molecule has 0 saturated carbocycles. The van der Waals surface area contributed by atoms with Crippen molar-refractivity contribution >= 4 is 11.6 Å². The topological polar surface area (TPSA) is 55.1 Å². The molecule has 1 atom stereocenters. The number of rotatable bonds is 6. The van der Waals surface area contributed by atoms with Crippen molar-refractivity contribution in [3.63, 3.8) is 0 Å². The fourth-order valence-corrected chi connectivity index (χ4v) is 1.71. The van der Waals surface area contributed by atoms with E-state index in [-0.39, 0.29) is 11.9 Å². The summed E-state index contributed by atoms with van der Waals surface area (Å²) in [6, 6.07) is 7.93. The zero-order valence-electron chi connectivity index (χ0n) is 11.6. The summed E-state index contributed by atoms with van der Waals surface area (Å²) >= 11 is 0. The minimum atomic E-state index is -0.0793. The SMILES string of the molecule is CCCc1ccc(NC(=O)CC(N)C(C)C)cc1. The van der Waals surface area contributed by atoms with E-state index in [1.54, 1.807) is 0 Å². The average molecular weight is 248 g/mol. The van der Waals surface area contributed by atoms with E-state index in [9.17, 15) is 4.79 Å². The van der Waals surface area contributed by atoms with Gasteiger partial charge in [0.15, 0.2) is 0 Å². The van der Waals surface area contributed by atoms with Gasteiger partial charge in [0.25, 0.3) is 0 Å². The molecule has 1 amide bonds. The molecule has 1 aromatic carbocycles. The fraction of sp³-hybridized carbons (Fsp3) is 0.533. The third-order valence-electron chi connectivity index (χ3n) is 3.05. The Balaban J connectivity index is 2.49. The summed E-state index contributed by atoms with van der Waals surface area (Å²) in [6.07, 6.45) is 2.58. The molecule has 100 valence electrons. The molecule has 1 aromatic rings. The lowest BCUT2D eigenvalue weighted by atomic mass is 10.0. The van der Waals surface area contributed by atoms with Gasteiger partial charge in [-0.1, -0.05) is 39.3 Å². The lowest BCUT2D eigenvalue weighted by Crippen LogP contribution is -2.31. The third kappa shape index (κ3) is 4.88. The maximum absolute atomic E-state index is 11.7. The van der Waals surface area contributed by atoms with Crippen LogP contribution in [0, 0.1) is 5.92 Å². The Labute approximate surface area is 110 Å². The van der Waals surface area contributed by atoms with E-state index in [4.69, 9.17) is 5.73 Å². The van der Waals surface area contributed by atoms with E-state index in [2.05, 4.69) is 24.4 Å². The standard InChI is InChI=1S/C15H24N2O/c1-4-5-12-6-8-13(9-7-12)17-15(18)10-14(16)11(2)3/h6-9,11,14H,4-5,10,16H2,1-3H3,(H,17,18). The van der Waals surface area contributed by atoms with Crippen molar-refractivity contribution in [1.29, 1.82) is 0 Å². The zero-order valence-corrected chi connectivity index (χ0v) is 11.6. The summed E-state index contributed by atoms with van der Waals surface area (Å²) in [4.78, 5) is 11.7. The number of amides is 1. The number of aryl methyl sites for hydroxylation is 1. The van der Waals surface area contributed by atoms with Crippen LogP contribution in [0.4, 0.5) is 5.69 Å². The molecule has 0 radical (unpaired) electrons. The Morgan fingerprint density at radius 2 is 1.89 bits per heavy atom. The highest BCUT2D eigenvalue weighted by Crippen LogP contribution is 2.12. The van der Waals surface area contributed by atoms with E-state index in [0.29, 0.717) is 12.3 Å². The molecule has 0 fully saturated rings. The molecule has 18 heavy (non-hydrogen) atoms. The predicted octanol–water partition coefficient (Wildman–Crippen LogP) is 2.95. The monoisotopic (exact) mass is 248 g/mol. The number of carbonyl (C=O) groups excluding carboxylic acids is 1. The highest BCUT2D eigenvalue weighted by Gasteiger charge is 2.12. The normalized spacial score (nSPS) is 12.5. The summed E-state index contributed by atoms with van der Waals surface area (Å²) in [7, 11) is 0. The lowest BCUT2D eigenvalue weighted by Gasteiger charge is -2.15. The first kappa shape index (κ1) is 14.7. The number of anilines is 1. The summed E-state index contributed by atoms with van der Waals surface area (Å²) in [5, 5.41) is 2.88. The first-order chi connectivity index (χ1) is 8.52. The quantitative estimate of drug-likeness (QED) is 0.813. The van der Waals surface area contributed by atoms with Gasteiger partial charge < -0.3 is 11.1 Å². The van der Waals surface area contributed by atoms with E-state index < -0.39 is 0 Å². The Kier molecular flexibility index (Phi) is 5.86. The van der Waals surface area contributed by atoms with Gasteiger partial charge >= 0.3 is 0 Å². The van der Waals surface area contributed by atoms with Crippen LogP contribution in [-0.4, -0.2) is 11.9 Å². The number of hydrogen-bond donors (Lipinski definition) is 2. The van der Waals surface area contributed by atoms with Gasteiger partial charge in [-0.05, 0) is 30.0 Å². The van der Waals surface area contributed by atoms with Gasteiger partial charge in [0.1, 0.15) is 0 Å².